The predicted octanol–water partition coefficient (Wildman–Crippen LogP) is 4.88. The number of aromatic nitrogens is 1. The number of nitrogens with one attached hydrogen (secondary N) is 1. The zero-order valence-electron chi connectivity index (χ0n) is 15.2. The molecule has 1 amide bonds. The Morgan fingerprint density at radius 1 is 1.21 bits per heavy atom. The minimum absolute atomic E-state index is 0.0224. The van der Waals surface area contributed by atoms with E-state index in [1.165, 1.54) is 0 Å². The van der Waals surface area contributed by atoms with Gasteiger partial charge in [0.05, 0.1) is 24.1 Å². The number of hydrogen-bond acceptors (Lipinski definition) is 2. The quantitative estimate of drug-likeness (QED) is 0.725. The Balaban J connectivity index is 1.42. The first kappa shape index (κ1) is 19.6. The first-order valence-electron chi connectivity index (χ1n) is 9.54. The Kier molecular flexibility index (Phi) is 5.31. The van der Waals surface area contributed by atoms with E-state index < -0.39 is 17.7 Å². The average molecular weight is 415 g/mol. The van der Waals surface area contributed by atoms with Crippen molar-refractivity contribution in [1.82, 2.24) is 9.88 Å². The maximum absolute atomic E-state index is 12.8. The summed E-state index contributed by atoms with van der Waals surface area (Å²) < 4.78 is 45.6. The molecule has 1 saturated carbocycles. The van der Waals surface area contributed by atoms with Crippen molar-refractivity contribution >= 4 is 28.4 Å². The molecular formula is C20H22ClF3N2O2. The van der Waals surface area contributed by atoms with E-state index in [0.29, 0.717) is 31.6 Å². The molecule has 0 bridgehead atoms. The van der Waals surface area contributed by atoms with E-state index in [1.54, 1.807) is 6.20 Å². The van der Waals surface area contributed by atoms with Crippen LogP contribution in [0.3, 0.4) is 0 Å². The summed E-state index contributed by atoms with van der Waals surface area (Å²) in [7, 11) is 0. The number of fused-ring (bicyclic) bond motifs is 1. The maximum Gasteiger partial charge on any atom is 0.391 e. The van der Waals surface area contributed by atoms with Crippen LogP contribution in [0.1, 0.15) is 42.1 Å². The number of halogens is 4. The highest BCUT2D eigenvalue weighted by molar-refractivity contribution is 6.20. The second-order valence-corrected chi connectivity index (χ2v) is 8.12. The number of alkyl halides is 4. The third-order valence-electron chi connectivity index (χ3n) is 5.93. The smallest absolute Gasteiger partial charge is 0.358 e. The summed E-state index contributed by atoms with van der Waals surface area (Å²) in [6, 6.07) is 7.58. The van der Waals surface area contributed by atoms with Crippen LogP contribution in [0.2, 0.25) is 0 Å². The van der Waals surface area contributed by atoms with Crippen LogP contribution in [-0.2, 0) is 4.74 Å². The highest BCUT2D eigenvalue weighted by Gasteiger charge is 2.41. The van der Waals surface area contributed by atoms with Gasteiger partial charge < -0.3 is 14.6 Å². The molecule has 2 fully saturated rings. The van der Waals surface area contributed by atoms with Crippen LogP contribution in [0.4, 0.5) is 13.2 Å². The van der Waals surface area contributed by atoms with Crippen molar-refractivity contribution in [3.05, 3.63) is 36.0 Å². The lowest BCUT2D eigenvalue weighted by Crippen LogP contribution is -2.37. The first-order valence-corrected chi connectivity index (χ1v) is 9.98. The van der Waals surface area contributed by atoms with E-state index in [9.17, 15) is 18.0 Å². The van der Waals surface area contributed by atoms with Gasteiger partial charge in [-0.1, -0.05) is 29.8 Å². The highest BCUT2D eigenvalue weighted by Crippen LogP contribution is 2.39. The molecule has 152 valence electrons. The predicted molar refractivity (Wildman–Crippen MR) is 100 cm³/mol. The van der Waals surface area contributed by atoms with E-state index in [0.717, 1.165) is 10.9 Å². The largest absolute Gasteiger partial charge is 0.391 e. The van der Waals surface area contributed by atoms with Gasteiger partial charge in [-0.15, -0.1) is 0 Å². The minimum atomic E-state index is -4.11. The fourth-order valence-electron chi connectivity index (χ4n) is 4.15. The van der Waals surface area contributed by atoms with Gasteiger partial charge in [-0.3, -0.25) is 4.79 Å². The molecule has 0 spiro atoms. The molecule has 0 radical (unpaired) electrons. The molecule has 2 atom stereocenters. The molecule has 2 aliphatic rings. The third kappa shape index (κ3) is 3.74. The number of ether oxygens (including phenoxy) is 1. The first-order chi connectivity index (χ1) is 13.3. The summed E-state index contributed by atoms with van der Waals surface area (Å²) in [5.41, 5.74) is 1.04. The molecule has 1 aromatic carbocycles. The Morgan fingerprint density at radius 3 is 2.54 bits per heavy atom. The number of rotatable bonds is 4. The maximum atomic E-state index is 12.8. The average Bonchev–Trinajstić information content (AvgIpc) is 3.04. The number of carbonyl (C=O) groups is 1. The third-order valence-corrected chi connectivity index (χ3v) is 6.35. The fourth-order valence-corrected chi connectivity index (χ4v) is 4.41. The van der Waals surface area contributed by atoms with Gasteiger partial charge in [-0.25, -0.2) is 0 Å². The van der Waals surface area contributed by atoms with Crippen LogP contribution in [0.25, 0.3) is 10.9 Å². The second kappa shape index (κ2) is 7.59. The van der Waals surface area contributed by atoms with Crippen molar-refractivity contribution in [2.45, 2.75) is 43.5 Å². The summed E-state index contributed by atoms with van der Waals surface area (Å²) in [6.07, 6.45) is -1.06. The van der Waals surface area contributed by atoms with Crippen LogP contribution < -0.4 is 5.32 Å². The molecule has 2 aromatic rings. The summed E-state index contributed by atoms with van der Waals surface area (Å²) in [6.45, 7) is 0.893. The molecule has 1 N–H and O–H groups in total. The van der Waals surface area contributed by atoms with Gasteiger partial charge in [-0.2, -0.15) is 13.2 Å². The summed E-state index contributed by atoms with van der Waals surface area (Å²) >= 11 is 6.12. The van der Waals surface area contributed by atoms with Crippen molar-refractivity contribution in [2.75, 3.05) is 13.2 Å². The van der Waals surface area contributed by atoms with Crippen molar-refractivity contribution < 1.29 is 22.7 Å². The zero-order valence-corrected chi connectivity index (χ0v) is 16.0. The van der Waals surface area contributed by atoms with E-state index in [1.807, 2.05) is 28.8 Å². The Morgan fingerprint density at radius 2 is 1.93 bits per heavy atom. The minimum Gasteiger partial charge on any atom is -0.358 e. The van der Waals surface area contributed by atoms with Gasteiger partial charge in [0.15, 0.2) is 5.56 Å². The molecule has 8 heteroatoms. The summed E-state index contributed by atoms with van der Waals surface area (Å²) in [5, 5.41) is 3.75. The Bertz CT molecular complexity index is 859. The van der Waals surface area contributed by atoms with E-state index in [2.05, 4.69) is 5.32 Å². The number of carbonyl (C=O) groups excluding carboxylic acids is 1. The van der Waals surface area contributed by atoms with Crippen molar-refractivity contribution in [2.24, 2.45) is 11.8 Å². The number of nitrogens with zero attached hydrogens (tertiary/aromatic N) is 1. The van der Waals surface area contributed by atoms with E-state index in [4.69, 9.17) is 16.3 Å². The summed E-state index contributed by atoms with van der Waals surface area (Å²) in [5.74, 6) is -1.33. The number of amides is 1. The van der Waals surface area contributed by atoms with Crippen LogP contribution in [0, 0.1) is 11.8 Å². The highest BCUT2D eigenvalue weighted by atomic mass is 35.5. The fraction of sp³-hybridized carbons (Fsp3) is 0.550. The molecular weight excluding hydrogens is 393 g/mol. The van der Waals surface area contributed by atoms with Crippen LogP contribution in [0.15, 0.2) is 30.5 Å². The topological polar surface area (TPSA) is 43.3 Å². The molecule has 2 unspecified atom stereocenters. The van der Waals surface area contributed by atoms with Crippen LogP contribution in [-0.4, -0.2) is 35.4 Å². The summed E-state index contributed by atoms with van der Waals surface area (Å²) in [4.78, 5) is 12.8. The van der Waals surface area contributed by atoms with Crippen molar-refractivity contribution in [1.29, 1.82) is 0 Å². The molecule has 1 saturated heterocycles. The Labute approximate surface area is 166 Å². The van der Waals surface area contributed by atoms with E-state index >= 15 is 0 Å². The van der Waals surface area contributed by atoms with Crippen LogP contribution in [0.5, 0.6) is 0 Å². The van der Waals surface area contributed by atoms with Gasteiger partial charge in [0.1, 0.15) is 0 Å². The monoisotopic (exact) mass is 414 g/mol. The van der Waals surface area contributed by atoms with Gasteiger partial charge in [-0.05, 0) is 37.7 Å². The molecule has 1 aliphatic heterocycles. The molecule has 1 aromatic heterocycles. The molecule has 4 rings (SSSR count). The normalized spacial score (nSPS) is 28.1. The second-order valence-electron chi connectivity index (χ2n) is 7.69. The number of benzene rings is 1. The van der Waals surface area contributed by atoms with E-state index in [-0.39, 0.29) is 30.7 Å². The Hall–Kier alpha value is -1.73. The van der Waals surface area contributed by atoms with Crippen LogP contribution >= 0.6 is 11.6 Å². The molecule has 2 heterocycles. The lowest BCUT2D eigenvalue weighted by Gasteiger charge is -2.33. The van der Waals surface area contributed by atoms with Gasteiger partial charge in [0.2, 0.25) is 0 Å². The van der Waals surface area contributed by atoms with Gasteiger partial charge in [0, 0.05) is 23.6 Å². The standard InChI is InChI=1S/C20H22ClF3N2O2/c21-18-17(11-28-18)26-10-15(14-3-1-2-4-16(14)26)19(27)25-9-12-5-7-13(8-6-12)20(22,23)24/h1-4,10,12-13,17-18H,5-9,11H2,(H,25,27). The SMILES string of the molecule is O=C(NCC1CCC(C(F)(F)F)CC1)c1cn(C2COC2Cl)c2ccccc12. The van der Waals surface area contributed by atoms with Gasteiger partial charge >= 0.3 is 6.18 Å². The lowest BCUT2D eigenvalue weighted by atomic mass is 9.81. The van der Waals surface area contributed by atoms with Crippen molar-refractivity contribution in [3.8, 4) is 0 Å². The zero-order chi connectivity index (χ0) is 19.9. The lowest BCUT2D eigenvalue weighted by molar-refractivity contribution is -0.183. The molecule has 4 nitrogen and oxygen atoms in total. The molecule has 1 aliphatic carbocycles. The van der Waals surface area contributed by atoms with Gasteiger partial charge in [0.25, 0.3) is 5.91 Å². The van der Waals surface area contributed by atoms with Crippen molar-refractivity contribution in [3.63, 3.8) is 0 Å². The number of hydrogen-bond donors (Lipinski definition) is 1. The number of para-hydroxylation sites is 1. The molecule has 28 heavy (non-hydrogen) atoms.